The topological polar surface area (TPSA) is 35.0 Å². The molecule has 1 saturated carbocycles. The molecule has 1 aromatic heterocycles. The first kappa shape index (κ1) is 19.8. The fourth-order valence-corrected chi connectivity index (χ4v) is 4.73. The first-order valence-electron chi connectivity index (χ1n) is 8.61. The van der Waals surface area contributed by atoms with Crippen molar-refractivity contribution in [1.82, 2.24) is 10.2 Å². The van der Waals surface area contributed by atoms with Gasteiger partial charge in [0, 0.05) is 5.92 Å². The standard InChI is InChI=1S/C15H28N2OSSi.C2H6/c1-10-8-12(9-10)14-17-16-13(19-14)11(2)18-20(6,7)15(3,4)5;1-2/h10-12H,8-9H2,1-7H3;1-2H3/t10?,11-,12?;/m1./s1. The van der Waals surface area contributed by atoms with Gasteiger partial charge in [-0.05, 0) is 43.8 Å². The minimum atomic E-state index is -1.74. The van der Waals surface area contributed by atoms with Crippen LogP contribution in [0.3, 0.4) is 0 Å². The van der Waals surface area contributed by atoms with Gasteiger partial charge in [0.2, 0.25) is 0 Å². The third-order valence-corrected chi connectivity index (χ3v) is 10.6. The second-order valence-corrected chi connectivity index (χ2v) is 13.6. The van der Waals surface area contributed by atoms with Gasteiger partial charge in [-0.3, -0.25) is 0 Å². The van der Waals surface area contributed by atoms with Crippen molar-refractivity contribution < 1.29 is 4.43 Å². The highest BCUT2D eigenvalue weighted by molar-refractivity contribution is 7.11. The Labute approximate surface area is 142 Å². The minimum Gasteiger partial charge on any atom is -0.408 e. The van der Waals surface area contributed by atoms with Crippen LogP contribution in [0.15, 0.2) is 0 Å². The van der Waals surface area contributed by atoms with E-state index in [2.05, 4.69) is 57.9 Å². The maximum Gasteiger partial charge on any atom is 0.193 e. The Kier molecular flexibility index (Phi) is 6.78. The van der Waals surface area contributed by atoms with Crippen LogP contribution >= 0.6 is 11.3 Å². The van der Waals surface area contributed by atoms with E-state index in [-0.39, 0.29) is 11.1 Å². The van der Waals surface area contributed by atoms with E-state index in [0.29, 0.717) is 5.92 Å². The van der Waals surface area contributed by atoms with Crippen LogP contribution in [0.4, 0.5) is 0 Å². The van der Waals surface area contributed by atoms with Gasteiger partial charge in [-0.1, -0.05) is 52.9 Å². The van der Waals surface area contributed by atoms with Crippen LogP contribution in [0, 0.1) is 5.92 Å². The Hall–Kier alpha value is -0.263. The van der Waals surface area contributed by atoms with Crippen LogP contribution in [0.5, 0.6) is 0 Å². The van der Waals surface area contributed by atoms with E-state index in [9.17, 15) is 0 Å². The summed E-state index contributed by atoms with van der Waals surface area (Å²) in [5.74, 6) is 1.50. The number of rotatable bonds is 4. The van der Waals surface area contributed by atoms with Crippen molar-refractivity contribution in [3.05, 3.63) is 10.0 Å². The predicted molar refractivity (Wildman–Crippen MR) is 99.1 cm³/mol. The molecule has 5 heteroatoms. The molecule has 1 aliphatic rings. The summed E-state index contributed by atoms with van der Waals surface area (Å²) in [6.45, 7) is 19.8. The molecule has 0 bridgehead atoms. The lowest BCUT2D eigenvalue weighted by Gasteiger charge is -2.37. The van der Waals surface area contributed by atoms with E-state index in [1.165, 1.54) is 17.8 Å². The van der Waals surface area contributed by atoms with Crippen LogP contribution in [0.25, 0.3) is 0 Å². The third kappa shape index (κ3) is 4.62. The summed E-state index contributed by atoms with van der Waals surface area (Å²) in [5, 5.41) is 11.3. The Morgan fingerprint density at radius 3 is 2.18 bits per heavy atom. The molecule has 0 aliphatic heterocycles. The Morgan fingerprint density at radius 2 is 1.73 bits per heavy atom. The molecule has 0 aromatic carbocycles. The van der Waals surface area contributed by atoms with Crippen LogP contribution in [0.2, 0.25) is 18.1 Å². The number of aromatic nitrogens is 2. The molecule has 0 radical (unpaired) electrons. The first-order chi connectivity index (χ1) is 10.1. The second-order valence-electron chi connectivity index (χ2n) is 7.77. The quantitative estimate of drug-likeness (QED) is 0.614. The molecule has 2 rings (SSSR count). The van der Waals surface area contributed by atoms with Crippen LogP contribution in [0.1, 0.15) is 83.3 Å². The average molecular weight is 343 g/mol. The molecule has 1 heterocycles. The molecular weight excluding hydrogens is 308 g/mol. The van der Waals surface area contributed by atoms with E-state index < -0.39 is 8.32 Å². The summed E-state index contributed by atoms with van der Waals surface area (Å²) >= 11 is 1.75. The number of hydrogen-bond donors (Lipinski definition) is 0. The van der Waals surface area contributed by atoms with Crippen molar-refractivity contribution in [1.29, 1.82) is 0 Å². The largest absolute Gasteiger partial charge is 0.408 e. The van der Waals surface area contributed by atoms with Gasteiger partial charge in [-0.25, -0.2) is 0 Å². The van der Waals surface area contributed by atoms with Crippen LogP contribution < -0.4 is 0 Å². The lowest BCUT2D eigenvalue weighted by molar-refractivity contribution is 0.201. The Balaban J connectivity index is 0.00000116. The molecule has 0 unspecified atom stereocenters. The van der Waals surface area contributed by atoms with E-state index >= 15 is 0 Å². The summed E-state index contributed by atoms with van der Waals surface area (Å²) < 4.78 is 6.40. The fourth-order valence-electron chi connectivity index (χ4n) is 2.35. The van der Waals surface area contributed by atoms with Crippen molar-refractivity contribution in [2.75, 3.05) is 0 Å². The molecule has 1 atom stereocenters. The maximum atomic E-state index is 6.40. The Bertz CT molecular complexity index is 461. The summed E-state index contributed by atoms with van der Waals surface area (Å²) in [5.41, 5.74) is 0. The maximum absolute atomic E-state index is 6.40. The molecule has 0 amide bonds. The van der Waals surface area contributed by atoms with Gasteiger partial charge in [0.1, 0.15) is 10.0 Å². The van der Waals surface area contributed by atoms with Gasteiger partial charge >= 0.3 is 0 Å². The molecule has 128 valence electrons. The summed E-state index contributed by atoms with van der Waals surface area (Å²) in [6, 6.07) is 0. The van der Waals surface area contributed by atoms with Crippen molar-refractivity contribution in [3.8, 4) is 0 Å². The van der Waals surface area contributed by atoms with E-state index in [1.54, 1.807) is 11.3 Å². The highest BCUT2D eigenvalue weighted by Crippen LogP contribution is 2.44. The zero-order chi connectivity index (χ0) is 17.1. The number of hydrogen-bond acceptors (Lipinski definition) is 4. The van der Waals surface area contributed by atoms with E-state index in [0.717, 1.165) is 10.9 Å². The lowest BCUT2D eigenvalue weighted by Crippen LogP contribution is -2.41. The van der Waals surface area contributed by atoms with Crippen molar-refractivity contribution in [2.45, 2.75) is 91.5 Å². The minimum absolute atomic E-state index is 0.0691. The highest BCUT2D eigenvalue weighted by atomic mass is 32.1. The average Bonchev–Trinajstić information content (AvgIpc) is 2.85. The number of nitrogens with zero attached hydrogens (tertiary/aromatic N) is 2. The second kappa shape index (κ2) is 7.54. The zero-order valence-electron chi connectivity index (χ0n) is 15.9. The summed E-state index contributed by atoms with van der Waals surface area (Å²) in [4.78, 5) is 0. The van der Waals surface area contributed by atoms with Gasteiger partial charge in [-0.2, -0.15) is 0 Å². The summed E-state index contributed by atoms with van der Waals surface area (Å²) in [6.07, 6.45) is 2.61. The molecule has 1 fully saturated rings. The van der Waals surface area contributed by atoms with E-state index in [4.69, 9.17) is 4.43 Å². The van der Waals surface area contributed by atoms with Gasteiger partial charge in [-0.15, -0.1) is 10.2 Å². The molecule has 1 aromatic rings. The molecule has 0 spiro atoms. The van der Waals surface area contributed by atoms with Crippen LogP contribution in [-0.4, -0.2) is 18.5 Å². The van der Waals surface area contributed by atoms with Gasteiger partial charge in [0.15, 0.2) is 8.32 Å². The summed E-state index contributed by atoms with van der Waals surface area (Å²) in [7, 11) is -1.74. The Morgan fingerprint density at radius 1 is 1.18 bits per heavy atom. The SMILES string of the molecule is CC.CC1CC(c2nnc([C@@H](C)O[Si](C)(C)C(C)(C)C)s2)C1. The molecule has 1 aliphatic carbocycles. The van der Waals surface area contributed by atoms with Crippen molar-refractivity contribution in [2.24, 2.45) is 5.92 Å². The molecular formula is C17H34N2OSSi. The third-order valence-electron chi connectivity index (χ3n) is 4.80. The normalized spacial score (nSPS) is 23.3. The van der Waals surface area contributed by atoms with Gasteiger partial charge < -0.3 is 4.43 Å². The molecule has 22 heavy (non-hydrogen) atoms. The van der Waals surface area contributed by atoms with Crippen molar-refractivity contribution in [3.63, 3.8) is 0 Å². The molecule has 3 nitrogen and oxygen atoms in total. The zero-order valence-corrected chi connectivity index (χ0v) is 17.7. The monoisotopic (exact) mass is 342 g/mol. The molecule has 0 saturated heterocycles. The highest BCUT2D eigenvalue weighted by Gasteiger charge is 2.39. The first-order valence-corrected chi connectivity index (χ1v) is 12.3. The van der Waals surface area contributed by atoms with E-state index in [1.807, 2.05) is 13.8 Å². The molecule has 0 N–H and O–H groups in total. The fraction of sp³-hybridized carbons (Fsp3) is 0.882. The van der Waals surface area contributed by atoms with Gasteiger partial charge in [0.05, 0.1) is 6.10 Å². The lowest BCUT2D eigenvalue weighted by atomic mass is 9.77. The smallest absolute Gasteiger partial charge is 0.193 e. The van der Waals surface area contributed by atoms with Crippen molar-refractivity contribution >= 4 is 19.7 Å². The van der Waals surface area contributed by atoms with Gasteiger partial charge in [0.25, 0.3) is 0 Å². The van der Waals surface area contributed by atoms with Crippen LogP contribution in [-0.2, 0) is 4.43 Å². The predicted octanol–water partition coefficient (Wildman–Crippen LogP) is 6.16.